The molecule has 0 fully saturated rings. The zero-order valence-corrected chi connectivity index (χ0v) is 12.9. The van der Waals surface area contributed by atoms with Crippen LogP contribution < -0.4 is 5.32 Å². The van der Waals surface area contributed by atoms with Gasteiger partial charge in [0.1, 0.15) is 0 Å². The smallest absolute Gasteiger partial charge is 0.0208 e. The molecule has 0 saturated heterocycles. The van der Waals surface area contributed by atoms with E-state index in [1.165, 1.54) is 17.5 Å². The molecule has 1 aromatic carbocycles. The van der Waals surface area contributed by atoms with Crippen molar-refractivity contribution in [1.29, 1.82) is 0 Å². The van der Waals surface area contributed by atoms with Crippen LogP contribution in [0.3, 0.4) is 0 Å². The molecule has 1 nitrogen and oxygen atoms in total. The van der Waals surface area contributed by atoms with Gasteiger partial charge in [0.25, 0.3) is 0 Å². The molecule has 0 radical (unpaired) electrons. The van der Waals surface area contributed by atoms with Gasteiger partial charge < -0.3 is 5.32 Å². The molecule has 1 aromatic rings. The molecule has 0 aliphatic heterocycles. The van der Waals surface area contributed by atoms with Crippen molar-refractivity contribution < 1.29 is 0 Å². The topological polar surface area (TPSA) is 12.0 Å². The third-order valence-electron chi connectivity index (χ3n) is 3.63. The average molecular weight is 247 g/mol. The van der Waals surface area contributed by atoms with E-state index in [4.69, 9.17) is 0 Å². The van der Waals surface area contributed by atoms with Crippen LogP contribution >= 0.6 is 0 Å². The van der Waals surface area contributed by atoms with Gasteiger partial charge in [0, 0.05) is 12.6 Å². The Morgan fingerprint density at radius 1 is 1.06 bits per heavy atom. The second kappa shape index (κ2) is 6.38. The summed E-state index contributed by atoms with van der Waals surface area (Å²) in [4.78, 5) is 0. The third-order valence-corrected chi connectivity index (χ3v) is 3.63. The largest absolute Gasteiger partial charge is 0.310 e. The van der Waals surface area contributed by atoms with E-state index in [0.717, 1.165) is 6.54 Å². The molecule has 1 rings (SSSR count). The van der Waals surface area contributed by atoms with Crippen LogP contribution in [-0.4, -0.2) is 6.04 Å². The van der Waals surface area contributed by atoms with Crippen LogP contribution in [0.1, 0.15) is 59.1 Å². The quantitative estimate of drug-likeness (QED) is 0.807. The van der Waals surface area contributed by atoms with Gasteiger partial charge in [-0.2, -0.15) is 0 Å². The van der Waals surface area contributed by atoms with Crippen LogP contribution in [0.4, 0.5) is 0 Å². The first-order valence-electron chi connectivity index (χ1n) is 7.17. The normalized spacial score (nSPS) is 13.9. The standard InChI is InChI=1S/C17H29N/c1-7-16(13(2)3)18-12-14-8-10-15(11-9-14)17(4,5)6/h8-11,13,16,18H,7,12H2,1-6H3. The molecular weight excluding hydrogens is 218 g/mol. The Kier molecular flexibility index (Phi) is 5.40. The van der Waals surface area contributed by atoms with Crippen LogP contribution in [0.5, 0.6) is 0 Å². The minimum absolute atomic E-state index is 0.246. The van der Waals surface area contributed by atoms with Crippen molar-refractivity contribution in [3.63, 3.8) is 0 Å². The zero-order chi connectivity index (χ0) is 13.8. The number of nitrogens with one attached hydrogen (secondary N) is 1. The molecule has 0 amide bonds. The summed E-state index contributed by atoms with van der Waals surface area (Å²) in [5.74, 6) is 0.698. The number of rotatable bonds is 5. The first-order chi connectivity index (χ1) is 8.34. The highest BCUT2D eigenvalue weighted by Gasteiger charge is 2.13. The Bertz CT molecular complexity index is 343. The monoisotopic (exact) mass is 247 g/mol. The Labute approximate surface area is 113 Å². The number of hydrogen-bond acceptors (Lipinski definition) is 1. The molecule has 0 spiro atoms. The Morgan fingerprint density at radius 3 is 2.00 bits per heavy atom. The highest BCUT2D eigenvalue weighted by molar-refractivity contribution is 5.27. The molecule has 102 valence electrons. The predicted octanol–water partition coefficient (Wildman–Crippen LogP) is 4.51. The van der Waals surface area contributed by atoms with Gasteiger partial charge >= 0.3 is 0 Å². The van der Waals surface area contributed by atoms with Crippen LogP contribution in [0, 0.1) is 5.92 Å². The highest BCUT2D eigenvalue weighted by atomic mass is 14.9. The van der Waals surface area contributed by atoms with Crippen molar-refractivity contribution in [2.24, 2.45) is 5.92 Å². The fraction of sp³-hybridized carbons (Fsp3) is 0.647. The molecule has 1 atom stereocenters. The minimum atomic E-state index is 0.246. The lowest BCUT2D eigenvalue weighted by Crippen LogP contribution is -2.32. The maximum atomic E-state index is 3.64. The second-order valence-corrected chi connectivity index (χ2v) is 6.59. The molecule has 1 N–H and O–H groups in total. The molecule has 0 aliphatic carbocycles. The van der Waals surface area contributed by atoms with Gasteiger partial charge in [0.15, 0.2) is 0 Å². The van der Waals surface area contributed by atoms with Crippen molar-refractivity contribution in [2.45, 2.75) is 66.0 Å². The summed E-state index contributed by atoms with van der Waals surface area (Å²) in [5, 5.41) is 3.64. The second-order valence-electron chi connectivity index (χ2n) is 6.59. The van der Waals surface area contributed by atoms with E-state index in [-0.39, 0.29) is 5.41 Å². The van der Waals surface area contributed by atoms with Crippen molar-refractivity contribution >= 4 is 0 Å². The predicted molar refractivity (Wildman–Crippen MR) is 80.9 cm³/mol. The first kappa shape index (κ1) is 15.2. The SMILES string of the molecule is CCC(NCc1ccc(C(C)(C)C)cc1)C(C)C. The van der Waals surface area contributed by atoms with E-state index in [0.29, 0.717) is 12.0 Å². The summed E-state index contributed by atoms with van der Waals surface area (Å²) in [5.41, 5.74) is 3.03. The first-order valence-corrected chi connectivity index (χ1v) is 7.17. The fourth-order valence-corrected chi connectivity index (χ4v) is 2.22. The van der Waals surface area contributed by atoms with Crippen molar-refractivity contribution in [3.05, 3.63) is 35.4 Å². The van der Waals surface area contributed by atoms with Crippen molar-refractivity contribution in [3.8, 4) is 0 Å². The van der Waals surface area contributed by atoms with E-state index in [2.05, 4.69) is 71.1 Å². The maximum Gasteiger partial charge on any atom is 0.0208 e. The van der Waals surface area contributed by atoms with Gasteiger partial charge in [-0.25, -0.2) is 0 Å². The molecule has 0 aromatic heterocycles. The van der Waals surface area contributed by atoms with Crippen LogP contribution in [0.15, 0.2) is 24.3 Å². The maximum absolute atomic E-state index is 3.64. The molecule has 0 heterocycles. The number of benzene rings is 1. The van der Waals surface area contributed by atoms with Crippen molar-refractivity contribution in [2.75, 3.05) is 0 Å². The highest BCUT2D eigenvalue weighted by Crippen LogP contribution is 2.22. The summed E-state index contributed by atoms with van der Waals surface area (Å²) in [6, 6.07) is 9.63. The Hall–Kier alpha value is -0.820. The van der Waals surface area contributed by atoms with Gasteiger partial charge in [-0.15, -0.1) is 0 Å². The van der Waals surface area contributed by atoms with Gasteiger partial charge in [0.05, 0.1) is 0 Å². The lowest BCUT2D eigenvalue weighted by molar-refractivity contribution is 0.387. The molecule has 1 heteroatoms. The minimum Gasteiger partial charge on any atom is -0.310 e. The van der Waals surface area contributed by atoms with Crippen LogP contribution in [0.25, 0.3) is 0 Å². The van der Waals surface area contributed by atoms with Crippen LogP contribution in [-0.2, 0) is 12.0 Å². The Morgan fingerprint density at radius 2 is 1.61 bits per heavy atom. The van der Waals surface area contributed by atoms with E-state index < -0.39 is 0 Å². The van der Waals surface area contributed by atoms with E-state index in [9.17, 15) is 0 Å². The summed E-state index contributed by atoms with van der Waals surface area (Å²) in [6.07, 6.45) is 1.19. The van der Waals surface area contributed by atoms with Gasteiger partial charge in [-0.05, 0) is 28.9 Å². The average Bonchev–Trinajstić information content (AvgIpc) is 2.29. The molecule has 0 saturated carbocycles. The fourth-order valence-electron chi connectivity index (χ4n) is 2.22. The summed E-state index contributed by atoms with van der Waals surface area (Å²) in [6.45, 7) is 14.6. The summed E-state index contributed by atoms with van der Waals surface area (Å²) in [7, 11) is 0. The summed E-state index contributed by atoms with van der Waals surface area (Å²) >= 11 is 0. The van der Waals surface area contributed by atoms with Gasteiger partial charge in [-0.1, -0.05) is 65.8 Å². The lowest BCUT2D eigenvalue weighted by atomic mass is 9.87. The molecule has 1 unspecified atom stereocenters. The van der Waals surface area contributed by atoms with Gasteiger partial charge in [0.2, 0.25) is 0 Å². The molecular formula is C17H29N. The van der Waals surface area contributed by atoms with E-state index in [1.54, 1.807) is 0 Å². The molecule has 0 bridgehead atoms. The Balaban J connectivity index is 2.59. The third kappa shape index (κ3) is 4.45. The number of hydrogen-bond donors (Lipinski definition) is 1. The summed E-state index contributed by atoms with van der Waals surface area (Å²) < 4.78 is 0. The molecule has 18 heavy (non-hydrogen) atoms. The van der Waals surface area contributed by atoms with Crippen molar-refractivity contribution in [1.82, 2.24) is 5.32 Å². The van der Waals surface area contributed by atoms with E-state index >= 15 is 0 Å². The van der Waals surface area contributed by atoms with E-state index in [1.807, 2.05) is 0 Å². The van der Waals surface area contributed by atoms with Gasteiger partial charge in [-0.3, -0.25) is 0 Å². The lowest BCUT2D eigenvalue weighted by Gasteiger charge is -2.22. The molecule has 0 aliphatic rings. The zero-order valence-electron chi connectivity index (χ0n) is 12.9. The van der Waals surface area contributed by atoms with Crippen LogP contribution in [0.2, 0.25) is 0 Å².